The molecule has 27 heavy (non-hydrogen) atoms. The third kappa shape index (κ3) is 3.21. The monoisotopic (exact) mass is 405 g/mol. The number of imidazole rings is 1. The molecule has 2 aromatic rings. The molecule has 0 bridgehead atoms. The number of halogens is 1. The molecule has 4 rings (SSSR count). The van der Waals surface area contributed by atoms with Gasteiger partial charge in [0, 0.05) is 0 Å². The Hall–Kier alpha value is -1.73. The number of phosphoric ester groups is 1. The molecule has 14 heteroatoms. The smallest absolute Gasteiger partial charge is 0.382 e. The highest BCUT2D eigenvalue weighted by molar-refractivity contribution is 7.46. The number of ether oxygens (including phenoxy) is 3. The second-order valence-corrected chi connectivity index (χ2v) is 7.90. The number of nitrogen functional groups attached to an aromatic ring is 1. The minimum Gasteiger partial charge on any atom is -0.382 e. The highest BCUT2D eigenvalue weighted by Crippen LogP contribution is 2.51. The number of aromatic nitrogens is 4. The van der Waals surface area contributed by atoms with Gasteiger partial charge < -0.3 is 29.7 Å². The summed E-state index contributed by atoms with van der Waals surface area (Å²) in [6, 6.07) is 0. The van der Waals surface area contributed by atoms with Gasteiger partial charge in [0.25, 0.3) is 5.85 Å². The molecule has 0 radical (unpaired) electrons. The first kappa shape index (κ1) is 18.6. The number of alkyl halides is 1. The Morgan fingerprint density at radius 1 is 1.33 bits per heavy atom. The van der Waals surface area contributed by atoms with Gasteiger partial charge in [0.2, 0.25) is 0 Å². The van der Waals surface area contributed by atoms with Gasteiger partial charge in [-0.3, -0.25) is 9.09 Å². The first-order valence-electron chi connectivity index (χ1n) is 7.85. The van der Waals surface area contributed by atoms with E-state index >= 15 is 4.39 Å². The Morgan fingerprint density at radius 3 is 2.78 bits per heavy atom. The molecular formula is C13H17FN5O7P. The fraction of sp³-hybridized carbons (Fsp3) is 0.615. The van der Waals surface area contributed by atoms with Crippen molar-refractivity contribution in [2.75, 3.05) is 12.3 Å². The molecule has 4 N–H and O–H groups in total. The Balaban J connectivity index is 1.73. The van der Waals surface area contributed by atoms with Gasteiger partial charge in [-0.1, -0.05) is 0 Å². The topological polar surface area (TPSA) is 164 Å². The van der Waals surface area contributed by atoms with Crippen LogP contribution in [0.4, 0.5) is 10.2 Å². The molecule has 12 nitrogen and oxygen atoms in total. The van der Waals surface area contributed by atoms with E-state index in [1.54, 1.807) is 13.8 Å². The number of hydrogen-bond donors (Lipinski definition) is 3. The summed E-state index contributed by atoms with van der Waals surface area (Å²) in [4.78, 5) is 29.8. The van der Waals surface area contributed by atoms with Crippen molar-refractivity contribution < 1.29 is 37.5 Å². The van der Waals surface area contributed by atoms with Gasteiger partial charge in [-0.2, -0.15) is 0 Å². The molecule has 0 saturated carbocycles. The van der Waals surface area contributed by atoms with E-state index in [9.17, 15) is 4.57 Å². The summed E-state index contributed by atoms with van der Waals surface area (Å²) >= 11 is 0. The van der Waals surface area contributed by atoms with Crippen LogP contribution in [-0.2, 0) is 23.3 Å². The lowest BCUT2D eigenvalue weighted by molar-refractivity contribution is -0.263. The summed E-state index contributed by atoms with van der Waals surface area (Å²) in [5, 5.41) is 0. The predicted molar refractivity (Wildman–Crippen MR) is 85.5 cm³/mol. The van der Waals surface area contributed by atoms with Crippen LogP contribution in [0.5, 0.6) is 0 Å². The maximum Gasteiger partial charge on any atom is 0.469 e. The van der Waals surface area contributed by atoms with Crippen molar-refractivity contribution in [2.24, 2.45) is 0 Å². The number of fused-ring (bicyclic) bond motifs is 2. The third-order valence-electron chi connectivity index (χ3n) is 4.24. The third-order valence-corrected chi connectivity index (χ3v) is 4.71. The predicted octanol–water partition coefficient (Wildman–Crippen LogP) is 0.232. The summed E-state index contributed by atoms with van der Waals surface area (Å²) in [7, 11) is -4.93. The van der Waals surface area contributed by atoms with E-state index < -0.39 is 44.5 Å². The zero-order valence-corrected chi connectivity index (χ0v) is 15.1. The van der Waals surface area contributed by atoms with Crippen LogP contribution in [0.25, 0.3) is 11.2 Å². The van der Waals surface area contributed by atoms with Crippen molar-refractivity contribution in [3.63, 3.8) is 0 Å². The second kappa shape index (κ2) is 5.88. The maximum absolute atomic E-state index is 15.5. The number of nitrogens with two attached hydrogens (primary N) is 1. The molecule has 4 heterocycles. The SMILES string of the molecule is CC1(C)OC2[C@H](n3cnc4c(N)ncnc43)OC(F)(COP(=O)(O)O)[C@@H]2O1. The molecule has 2 aromatic heterocycles. The number of phosphoric acid groups is 1. The Morgan fingerprint density at radius 2 is 2.07 bits per heavy atom. The number of nitrogens with zero attached hydrogens (tertiary/aromatic N) is 4. The number of rotatable bonds is 4. The molecule has 148 valence electrons. The van der Waals surface area contributed by atoms with Crippen LogP contribution < -0.4 is 5.73 Å². The maximum atomic E-state index is 15.5. The molecule has 4 atom stereocenters. The van der Waals surface area contributed by atoms with E-state index in [-0.39, 0.29) is 11.5 Å². The summed E-state index contributed by atoms with van der Waals surface area (Å²) in [5.74, 6) is -3.70. The van der Waals surface area contributed by atoms with E-state index in [2.05, 4.69) is 19.5 Å². The summed E-state index contributed by atoms with van der Waals surface area (Å²) in [6.07, 6.45) is -0.805. The summed E-state index contributed by atoms with van der Waals surface area (Å²) in [5.41, 5.74) is 6.33. The summed E-state index contributed by atoms with van der Waals surface area (Å²) in [6.45, 7) is 2.11. The number of anilines is 1. The average Bonchev–Trinajstić information content (AvgIpc) is 3.18. The van der Waals surface area contributed by atoms with Gasteiger partial charge in [0.05, 0.1) is 6.33 Å². The molecule has 0 aliphatic carbocycles. The van der Waals surface area contributed by atoms with Crippen LogP contribution in [0.15, 0.2) is 12.7 Å². The lowest BCUT2D eigenvalue weighted by atomic mass is 10.1. The molecular weight excluding hydrogens is 388 g/mol. The van der Waals surface area contributed by atoms with Gasteiger partial charge in [0.15, 0.2) is 29.6 Å². The quantitative estimate of drug-likeness (QED) is 0.597. The molecule has 0 spiro atoms. The largest absolute Gasteiger partial charge is 0.469 e. The van der Waals surface area contributed by atoms with Crippen molar-refractivity contribution in [2.45, 2.75) is 43.9 Å². The molecule has 2 aliphatic rings. The van der Waals surface area contributed by atoms with Gasteiger partial charge in [-0.15, -0.1) is 0 Å². The molecule has 2 saturated heterocycles. The standard InChI is InChI=1S/C13H17FN5O7P/c1-12(2)24-7-8(25-12)13(14,3-23-27(20,21)22)26-11(7)19-5-18-6-9(15)16-4-17-10(6)19/h4-5,7-8,11H,3H2,1-2H3,(H2,15,16,17)(H2,20,21,22)/t7?,8-,11-,13?/m1/s1. The second-order valence-electron chi connectivity index (χ2n) is 6.66. The van der Waals surface area contributed by atoms with Crippen LogP contribution in [0.1, 0.15) is 20.1 Å². The normalized spacial score (nSPS) is 32.9. The van der Waals surface area contributed by atoms with Crippen LogP contribution in [-0.4, -0.2) is 59.8 Å². The van der Waals surface area contributed by atoms with Crippen LogP contribution in [0.3, 0.4) is 0 Å². The van der Waals surface area contributed by atoms with Crippen molar-refractivity contribution in [3.8, 4) is 0 Å². The highest BCUT2D eigenvalue weighted by atomic mass is 31.2. The van der Waals surface area contributed by atoms with E-state index in [4.69, 9.17) is 29.7 Å². The number of hydrogen-bond acceptors (Lipinski definition) is 9. The molecule has 2 aliphatic heterocycles. The fourth-order valence-electron chi connectivity index (χ4n) is 3.23. The van der Waals surface area contributed by atoms with Gasteiger partial charge in [0.1, 0.15) is 24.6 Å². The van der Waals surface area contributed by atoms with Crippen molar-refractivity contribution in [1.82, 2.24) is 19.5 Å². The van der Waals surface area contributed by atoms with Crippen molar-refractivity contribution in [3.05, 3.63) is 12.7 Å². The van der Waals surface area contributed by atoms with Gasteiger partial charge in [-0.05, 0) is 13.8 Å². The first-order valence-corrected chi connectivity index (χ1v) is 9.38. The summed E-state index contributed by atoms with van der Waals surface area (Å²) < 4.78 is 49.0. The lowest BCUT2D eigenvalue weighted by Crippen LogP contribution is -2.43. The highest BCUT2D eigenvalue weighted by Gasteiger charge is 2.65. The minimum absolute atomic E-state index is 0.133. The average molecular weight is 405 g/mol. The lowest BCUT2D eigenvalue weighted by Gasteiger charge is -2.28. The Kier molecular flexibility index (Phi) is 4.06. The van der Waals surface area contributed by atoms with E-state index in [0.29, 0.717) is 5.52 Å². The van der Waals surface area contributed by atoms with E-state index in [1.807, 2.05) is 0 Å². The molecule has 0 aromatic carbocycles. The molecule has 0 amide bonds. The van der Waals surface area contributed by atoms with Crippen LogP contribution in [0, 0.1) is 0 Å². The molecule has 2 fully saturated rings. The van der Waals surface area contributed by atoms with Gasteiger partial charge in [-0.25, -0.2) is 23.9 Å². The minimum atomic E-state index is -4.93. The van der Waals surface area contributed by atoms with Crippen molar-refractivity contribution in [1.29, 1.82) is 0 Å². The van der Waals surface area contributed by atoms with Crippen LogP contribution >= 0.6 is 7.82 Å². The zero-order chi connectivity index (χ0) is 19.6. The van der Waals surface area contributed by atoms with Gasteiger partial charge >= 0.3 is 7.82 Å². The zero-order valence-electron chi connectivity index (χ0n) is 14.2. The Bertz CT molecular complexity index is 935. The van der Waals surface area contributed by atoms with E-state index in [1.165, 1.54) is 17.2 Å². The van der Waals surface area contributed by atoms with Crippen molar-refractivity contribution >= 4 is 24.8 Å². The Labute approximate surface area is 151 Å². The fourth-order valence-corrected chi connectivity index (χ4v) is 3.57. The van der Waals surface area contributed by atoms with Crippen LogP contribution in [0.2, 0.25) is 0 Å². The first-order chi connectivity index (χ1) is 12.5. The van der Waals surface area contributed by atoms with E-state index in [0.717, 1.165) is 0 Å². The molecule has 2 unspecified atom stereocenters.